The molecule has 0 spiro atoms. The van der Waals surface area contributed by atoms with Crippen molar-refractivity contribution in [2.75, 3.05) is 33.2 Å². The summed E-state index contributed by atoms with van der Waals surface area (Å²) in [6, 6.07) is 13.1. The average molecular weight is 545 g/mol. The van der Waals surface area contributed by atoms with E-state index in [0.717, 1.165) is 16.5 Å². The minimum Gasteiger partial charge on any atom is -0.453 e. The number of nitrogens with one attached hydrogen (secondary N) is 2. The standard InChI is InChI=1S/C30H33FN6O3/c1-19-17-35-28-27(19)26(8-9-34-28)40-25-7-6-20(15-23(25)31)16-24(32)30(39)37-12-10-36(11-13-37)18-21-4-3-5-22(14-21)29(38)33-2/h3-9,14-15,17,24H,10-13,16,18,32H2,1-2H3,(H,33,38)(H,34,35)/t24-/m0/s1. The smallest absolute Gasteiger partial charge is 0.251 e. The summed E-state index contributed by atoms with van der Waals surface area (Å²) < 4.78 is 20.8. The summed E-state index contributed by atoms with van der Waals surface area (Å²) >= 11 is 0. The molecule has 1 saturated heterocycles. The molecule has 2 aromatic carbocycles. The molecular weight excluding hydrogens is 511 g/mol. The van der Waals surface area contributed by atoms with E-state index in [1.54, 1.807) is 42.4 Å². The number of nitrogens with two attached hydrogens (primary N) is 1. The number of aryl methyl sites for hydroxylation is 1. The van der Waals surface area contributed by atoms with Crippen molar-refractivity contribution in [3.8, 4) is 11.5 Å². The summed E-state index contributed by atoms with van der Waals surface area (Å²) in [6.45, 7) is 5.14. The molecular formula is C30H33FN6O3. The lowest BCUT2D eigenvalue weighted by atomic mass is 10.0. The van der Waals surface area contributed by atoms with Gasteiger partial charge in [-0.3, -0.25) is 14.5 Å². The monoisotopic (exact) mass is 544 g/mol. The van der Waals surface area contributed by atoms with Crippen molar-refractivity contribution >= 4 is 22.8 Å². The van der Waals surface area contributed by atoms with Crippen LogP contribution in [-0.4, -0.2) is 70.9 Å². The number of rotatable bonds is 8. The molecule has 1 atom stereocenters. The average Bonchev–Trinajstić information content (AvgIpc) is 3.35. The summed E-state index contributed by atoms with van der Waals surface area (Å²) in [4.78, 5) is 36.3. The molecule has 0 saturated carbocycles. The van der Waals surface area contributed by atoms with Gasteiger partial charge in [-0.25, -0.2) is 9.37 Å². The van der Waals surface area contributed by atoms with E-state index in [9.17, 15) is 14.0 Å². The number of hydrogen-bond acceptors (Lipinski definition) is 6. The lowest BCUT2D eigenvalue weighted by Crippen LogP contribution is -2.53. The van der Waals surface area contributed by atoms with Gasteiger partial charge in [0.25, 0.3) is 5.91 Å². The first-order chi connectivity index (χ1) is 19.3. The minimum absolute atomic E-state index is 0.0914. The first kappa shape index (κ1) is 27.3. The molecule has 10 heteroatoms. The number of nitrogens with zero attached hydrogens (tertiary/aromatic N) is 3. The van der Waals surface area contributed by atoms with E-state index in [2.05, 4.69) is 20.2 Å². The number of pyridine rings is 1. The topological polar surface area (TPSA) is 117 Å². The van der Waals surface area contributed by atoms with E-state index in [1.807, 2.05) is 31.3 Å². The number of fused-ring (bicyclic) bond motifs is 1. The summed E-state index contributed by atoms with van der Waals surface area (Å²) in [6.07, 6.45) is 3.66. The third-order valence-corrected chi connectivity index (χ3v) is 7.23. The highest BCUT2D eigenvalue weighted by molar-refractivity contribution is 5.94. The molecule has 4 aromatic rings. The number of amides is 2. The van der Waals surface area contributed by atoms with Crippen molar-refractivity contribution < 1.29 is 18.7 Å². The number of H-pyrrole nitrogens is 1. The molecule has 40 heavy (non-hydrogen) atoms. The first-order valence-corrected chi connectivity index (χ1v) is 13.3. The van der Waals surface area contributed by atoms with Crippen LogP contribution in [0.1, 0.15) is 27.0 Å². The van der Waals surface area contributed by atoms with Crippen molar-refractivity contribution in [1.29, 1.82) is 0 Å². The molecule has 1 aliphatic rings. The highest BCUT2D eigenvalue weighted by Gasteiger charge is 2.26. The third-order valence-electron chi connectivity index (χ3n) is 7.23. The van der Waals surface area contributed by atoms with E-state index in [4.69, 9.17) is 10.5 Å². The van der Waals surface area contributed by atoms with Gasteiger partial charge in [-0.2, -0.15) is 0 Å². The van der Waals surface area contributed by atoms with E-state index >= 15 is 0 Å². The number of benzene rings is 2. The van der Waals surface area contributed by atoms with Crippen LogP contribution in [0, 0.1) is 12.7 Å². The normalized spacial score (nSPS) is 14.8. The summed E-state index contributed by atoms with van der Waals surface area (Å²) in [7, 11) is 1.61. The fraction of sp³-hybridized carbons (Fsp3) is 0.300. The predicted octanol–water partition coefficient (Wildman–Crippen LogP) is 3.38. The van der Waals surface area contributed by atoms with Crippen molar-refractivity contribution in [2.24, 2.45) is 5.73 Å². The van der Waals surface area contributed by atoms with Crippen LogP contribution >= 0.6 is 0 Å². The Bertz CT molecular complexity index is 1530. The van der Waals surface area contributed by atoms with Crippen LogP contribution in [0.2, 0.25) is 0 Å². The van der Waals surface area contributed by atoms with Gasteiger partial charge >= 0.3 is 0 Å². The maximum atomic E-state index is 15.0. The fourth-order valence-electron chi connectivity index (χ4n) is 5.06. The van der Waals surface area contributed by atoms with Gasteiger partial charge in [0.05, 0.1) is 11.4 Å². The zero-order chi connectivity index (χ0) is 28.2. The molecule has 9 nitrogen and oxygen atoms in total. The largest absolute Gasteiger partial charge is 0.453 e. The maximum Gasteiger partial charge on any atom is 0.251 e. The van der Waals surface area contributed by atoms with E-state index in [-0.39, 0.29) is 24.0 Å². The number of piperazine rings is 1. The zero-order valence-corrected chi connectivity index (χ0v) is 22.6. The van der Waals surface area contributed by atoms with Gasteiger partial charge < -0.3 is 25.7 Å². The lowest BCUT2D eigenvalue weighted by Gasteiger charge is -2.36. The second kappa shape index (κ2) is 11.8. The molecule has 1 aliphatic heterocycles. The van der Waals surface area contributed by atoms with Crippen LogP contribution in [0.3, 0.4) is 0 Å². The molecule has 0 radical (unpaired) electrons. The second-order valence-corrected chi connectivity index (χ2v) is 10.1. The number of ether oxygens (including phenoxy) is 1. The van der Waals surface area contributed by atoms with Crippen LogP contribution in [0.25, 0.3) is 11.0 Å². The fourth-order valence-corrected chi connectivity index (χ4v) is 5.06. The molecule has 0 aliphatic carbocycles. The summed E-state index contributed by atoms with van der Waals surface area (Å²) in [5, 5.41) is 3.44. The van der Waals surface area contributed by atoms with Gasteiger partial charge in [0.1, 0.15) is 11.4 Å². The van der Waals surface area contributed by atoms with Crippen LogP contribution < -0.4 is 15.8 Å². The molecule has 0 bridgehead atoms. The number of carbonyl (C=O) groups is 2. The Morgan fingerprint density at radius 3 is 2.65 bits per heavy atom. The van der Waals surface area contributed by atoms with E-state index < -0.39 is 11.9 Å². The number of aromatic nitrogens is 2. The number of halogens is 1. The Labute approximate surface area is 232 Å². The Hall–Kier alpha value is -4.28. The third kappa shape index (κ3) is 5.98. The van der Waals surface area contributed by atoms with E-state index in [1.165, 1.54) is 6.07 Å². The molecule has 2 amide bonds. The van der Waals surface area contributed by atoms with E-state index in [0.29, 0.717) is 55.2 Å². The molecule has 0 unspecified atom stereocenters. The highest BCUT2D eigenvalue weighted by atomic mass is 19.1. The lowest BCUT2D eigenvalue weighted by molar-refractivity contribution is -0.134. The summed E-state index contributed by atoms with van der Waals surface area (Å²) in [5.41, 5.74) is 10.2. The summed E-state index contributed by atoms with van der Waals surface area (Å²) in [5.74, 6) is -0.182. The molecule has 5 rings (SSSR count). The number of carbonyl (C=O) groups excluding carboxylic acids is 2. The van der Waals surface area contributed by atoms with Gasteiger partial charge in [-0.15, -0.1) is 0 Å². The zero-order valence-electron chi connectivity index (χ0n) is 22.6. The first-order valence-electron chi connectivity index (χ1n) is 13.3. The Balaban J connectivity index is 1.15. The molecule has 2 aromatic heterocycles. The number of aromatic amines is 1. The highest BCUT2D eigenvalue weighted by Crippen LogP contribution is 2.32. The van der Waals surface area contributed by atoms with Gasteiger partial charge in [0.15, 0.2) is 11.6 Å². The van der Waals surface area contributed by atoms with Crippen molar-refractivity contribution in [2.45, 2.75) is 25.9 Å². The van der Waals surface area contributed by atoms with Crippen LogP contribution in [0.15, 0.2) is 60.9 Å². The van der Waals surface area contributed by atoms with Crippen molar-refractivity contribution in [1.82, 2.24) is 25.1 Å². The minimum atomic E-state index is -0.774. The molecule has 3 heterocycles. The number of hydrogen-bond donors (Lipinski definition) is 3. The molecule has 1 fully saturated rings. The SMILES string of the molecule is CNC(=O)c1cccc(CN2CCN(C(=O)[C@@H](N)Cc3ccc(Oc4ccnc5[nH]cc(C)c45)c(F)c3)CC2)c1. The van der Waals surface area contributed by atoms with Gasteiger partial charge in [-0.1, -0.05) is 18.2 Å². The molecule has 208 valence electrons. The van der Waals surface area contributed by atoms with Gasteiger partial charge in [0, 0.05) is 57.7 Å². The predicted molar refractivity (Wildman–Crippen MR) is 151 cm³/mol. The Morgan fingerprint density at radius 1 is 1.10 bits per heavy atom. The van der Waals surface area contributed by atoms with Gasteiger partial charge in [-0.05, 0) is 60.4 Å². The van der Waals surface area contributed by atoms with Gasteiger partial charge in [0.2, 0.25) is 5.91 Å². The Morgan fingerprint density at radius 2 is 1.90 bits per heavy atom. The maximum absolute atomic E-state index is 15.0. The molecule has 4 N–H and O–H groups in total. The second-order valence-electron chi connectivity index (χ2n) is 10.1. The van der Waals surface area contributed by atoms with Crippen LogP contribution in [0.5, 0.6) is 11.5 Å². The van der Waals surface area contributed by atoms with Crippen molar-refractivity contribution in [3.63, 3.8) is 0 Å². The van der Waals surface area contributed by atoms with Crippen molar-refractivity contribution in [3.05, 3.63) is 89.0 Å². The van der Waals surface area contributed by atoms with Crippen LogP contribution in [-0.2, 0) is 17.8 Å². The van der Waals surface area contributed by atoms with Crippen LogP contribution in [0.4, 0.5) is 4.39 Å². The Kier molecular flexibility index (Phi) is 8.09. The quantitative estimate of drug-likeness (QED) is 0.313.